The van der Waals surface area contributed by atoms with E-state index in [1.54, 1.807) is 12.3 Å². The average molecular weight is 425 g/mol. The van der Waals surface area contributed by atoms with Gasteiger partial charge in [0.05, 0.1) is 0 Å². The van der Waals surface area contributed by atoms with E-state index in [0.29, 0.717) is 24.7 Å². The van der Waals surface area contributed by atoms with Crippen molar-refractivity contribution in [3.63, 3.8) is 0 Å². The van der Waals surface area contributed by atoms with Gasteiger partial charge in [0.2, 0.25) is 0 Å². The van der Waals surface area contributed by atoms with E-state index >= 15 is 0 Å². The monoisotopic (exact) mass is 425 g/mol. The molecule has 4 rings (SSSR count). The van der Waals surface area contributed by atoms with Crippen LogP contribution >= 0.6 is 0 Å². The van der Waals surface area contributed by atoms with E-state index in [-0.39, 0.29) is 0 Å². The van der Waals surface area contributed by atoms with Crippen LogP contribution in [-0.2, 0) is 17.8 Å². The first kappa shape index (κ1) is 21.1. The molecule has 6 nitrogen and oxygen atoms in total. The topological polar surface area (TPSA) is 84.3 Å². The average Bonchev–Trinajstić information content (AvgIpc) is 2.84. The zero-order chi connectivity index (χ0) is 22.2. The van der Waals surface area contributed by atoms with Gasteiger partial charge in [0, 0.05) is 18.2 Å². The first-order valence-electron chi connectivity index (χ1n) is 10.3. The molecule has 0 radical (unpaired) electrons. The smallest absolute Gasteiger partial charge is 0.326 e. The van der Waals surface area contributed by atoms with Crippen LogP contribution in [0, 0.1) is 0 Å². The van der Waals surface area contributed by atoms with Crippen LogP contribution in [0.1, 0.15) is 11.1 Å². The second kappa shape index (κ2) is 10.2. The van der Waals surface area contributed by atoms with Crippen LogP contribution < -0.4 is 10.1 Å². The molecule has 0 amide bonds. The number of carboxylic acid groups (broad SMARTS) is 1. The van der Waals surface area contributed by atoms with Gasteiger partial charge < -0.3 is 15.2 Å². The standard InChI is InChI=1S/C26H23N3O3/c30-26(31)23(17-19-7-3-1-4-8-19)28-24-15-16-27-25(29-24)21-11-13-22(14-12-21)32-18-20-9-5-2-6-10-20/h1-16,23H,17-18H2,(H,30,31)(H,27,28,29)/t23-/m0/s1. The minimum absolute atomic E-state index is 0.350. The first-order chi connectivity index (χ1) is 15.7. The fourth-order valence-corrected chi connectivity index (χ4v) is 3.25. The van der Waals surface area contributed by atoms with E-state index in [0.717, 1.165) is 22.4 Å². The summed E-state index contributed by atoms with van der Waals surface area (Å²) in [6, 6.07) is 27.9. The maximum Gasteiger partial charge on any atom is 0.326 e. The molecule has 0 spiro atoms. The summed E-state index contributed by atoms with van der Waals surface area (Å²) in [5.41, 5.74) is 2.85. The Balaban J connectivity index is 1.43. The quantitative estimate of drug-likeness (QED) is 0.400. The number of hydrogen-bond acceptors (Lipinski definition) is 5. The van der Waals surface area contributed by atoms with Gasteiger partial charge in [-0.2, -0.15) is 0 Å². The Morgan fingerprint density at radius 3 is 2.19 bits per heavy atom. The highest BCUT2D eigenvalue weighted by Crippen LogP contribution is 2.21. The molecule has 160 valence electrons. The van der Waals surface area contributed by atoms with Crippen LogP contribution in [0.5, 0.6) is 5.75 Å². The minimum Gasteiger partial charge on any atom is -0.489 e. The maximum atomic E-state index is 11.7. The Hall–Kier alpha value is -4.19. The van der Waals surface area contributed by atoms with Gasteiger partial charge in [-0.15, -0.1) is 0 Å². The van der Waals surface area contributed by atoms with Gasteiger partial charge >= 0.3 is 5.97 Å². The highest BCUT2D eigenvalue weighted by Gasteiger charge is 2.18. The first-order valence-corrected chi connectivity index (χ1v) is 10.3. The van der Waals surface area contributed by atoms with Crippen LogP contribution in [-0.4, -0.2) is 27.1 Å². The van der Waals surface area contributed by atoms with Gasteiger partial charge in [-0.1, -0.05) is 60.7 Å². The third kappa shape index (κ3) is 5.70. The van der Waals surface area contributed by atoms with Crippen molar-refractivity contribution in [3.8, 4) is 17.1 Å². The predicted molar refractivity (Wildman–Crippen MR) is 123 cm³/mol. The lowest BCUT2D eigenvalue weighted by Crippen LogP contribution is -2.31. The third-order valence-electron chi connectivity index (χ3n) is 4.92. The lowest BCUT2D eigenvalue weighted by Gasteiger charge is -2.15. The molecule has 1 heterocycles. The van der Waals surface area contributed by atoms with Crippen molar-refractivity contribution in [1.82, 2.24) is 9.97 Å². The molecule has 0 saturated heterocycles. The van der Waals surface area contributed by atoms with E-state index in [1.807, 2.05) is 84.9 Å². The summed E-state index contributed by atoms with van der Waals surface area (Å²) in [6.45, 7) is 0.494. The van der Waals surface area contributed by atoms with Crippen LogP contribution in [0.4, 0.5) is 5.82 Å². The summed E-state index contributed by atoms with van der Waals surface area (Å²) in [5.74, 6) is 0.783. The normalized spacial score (nSPS) is 11.5. The summed E-state index contributed by atoms with van der Waals surface area (Å²) >= 11 is 0. The van der Waals surface area contributed by atoms with Crippen LogP contribution in [0.2, 0.25) is 0 Å². The molecule has 0 aliphatic carbocycles. The number of benzene rings is 3. The molecular formula is C26H23N3O3. The third-order valence-corrected chi connectivity index (χ3v) is 4.92. The van der Waals surface area contributed by atoms with Gasteiger partial charge in [0.15, 0.2) is 5.82 Å². The van der Waals surface area contributed by atoms with Gasteiger partial charge in [-0.3, -0.25) is 0 Å². The second-order valence-electron chi connectivity index (χ2n) is 7.29. The van der Waals surface area contributed by atoms with E-state index in [4.69, 9.17) is 4.74 Å². The zero-order valence-corrected chi connectivity index (χ0v) is 17.4. The van der Waals surface area contributed by atoms with Crippen molar-refractivity contribution in [1.29, 1.82) is 0 Å². The Bertz CT molecular complexity index is 1150. The van der Waals surface area contributed by atoms with Crippen molar-refractivity contribution < 1.29 is 14.6 Å². The van der Waals surface area contributed by atoms with Gasteiger partial charge in [-0.05, 0) is 41.5 Å². The molecule has 4 aromatic rings. The van der Waals surface area contributed by atoms with E-state index in [1.165, 1.54) is 0 Å². The van der Waals surface area contributed by atoms with Gasteiger partial charge in [0.25, 0.3) is 0 Å². The molecule has 1 atom stereocenters. The molecule has 0 aliphatic rings. The van der Waals surface area contributed by atoms with E-state index < -0.39 is 12.0 Å². The number of nitrogens with zero attached hydrogens (tertiary/aromatic N) is 2. The summed E-state index contributed by atoms with van der Waals surface area (Å²) in [7, 11) is 0. The van der Waals surface area contributed by atoms with Crippen molar-refractivity contribution >= 4 is 11.8 Å². The molecule has 32 heavy (non-hydrogen) atoms. The summed E-state index contributed by atoms with van der Waals surface area (Å²) < 4.78 is 5.82. The summed E-state index contributed by atoms with van der Waals surface area (Å²) in [6.07, 6.45) is 1.97. The van der Waals surface area contributed by atoms with Crippen molar-refractivity contribution in [2.75, 3.05) is 5.32 Å². The molecular weight excluding hydrogens is 402 g/mol. The minimum atomic E-state index is -0.936. The molecule has 0 aliphatic heterocycles. The number of ether oxygens (including phenoxy) is 1. The number of aliphatic carboxylic acids is 1. The Morgan fingerprint density at radius 1 is 0.875 bits per heavy atom. The Morgan fingerprint density at radius 2 is 1.53 bits per heavy atom. The largest absolute Gasteiger partial charge is 0.489 e. The van der Waals surface area contributed by atoms with Gasteiger partial charge in [0.1, 0.15) is 24.2 Å². The van der Waals surface area contributed by atoms with Crippen molar-refractivity contribution in [2.24, 2.45) is 0 Å². The van der Waals surface area contributed by atoms with Gasteiger partial charge in [-0.25, -0.2) is 14.8 Å². The molecule has 0 saturated carbocycles. The summed E-state index contributed by atoms with van der Waals surface area (Å²) in [4.78, 5) is 20.6. The highest BCUT2D eigenvalue weighted by atomic mass is 16.5. The number of rotatable bonds is 9. The van der Waals surface area contributed by atoms with Crippen molar-refractivity contribution in [2.45, 2.75) is 19.1 Å². The van der Waals surface area contributed by atoms with Crippen LogP contribution in [0.15, 0.2) is 97.2 Å². The predicted octanol–water partition coefficient (Wildman–Crippen LogP) is 4.83. The Labute approximate surface area is 186 Å². The molecule has 2 N–H and O–H groups in total. The lowest BCUT2D eigenvalue weighted by atomic mass is 10.1. The zero-order valence-electron chi connectivity index (χ0n) is 17.4. The number of carbonyl (C=O) groups is 1. The van der Waals surface area contributed by atoms with E-state index in [9.17, 15) is 9.90 Å². The number of carboxylic acids is 1. The number of anilines is 1. The number of nitrogens with one attached hydrogen (secondary N) is 1. The lowest BCUT2D eigenvalue weighted by molar-refractivity contribution is -0.137. The molecule has 0 bridgehead atoms. The summed E-state index contributed by atoms with van der Waals surface area (Å²) in [5, 5.41) is 12.6. The van der Waals surface area contributed by atoms with Crippen LogP contribution in [0.3, 0.4) is 0 Å². The molecule has 1 aromatic heterocycles. The Kier molecular flexibility index (Phi) is 6.72. The second-order valence-corrected chi connectivity index (χ2v) is 7.29. The maximum absolute atomic E-state index is 11.7. The van der Waals surface area contributed by atoms with Crippen LogP contribution in [0.25, 0.3) is 11.4 Å². The van der Waals surface area contributed by atoms with Crippen molar-refractivity contribution in [3.05, 3.63) is 108 Å². The number of hydrogen-bond donors (Lipinski definition) is 2. The fourth-order valence-electron chi connectivity index (χ4n) is 3.25. The van der Waals surface area contributed by atoms with E-state index in [2.05, 4.69) is 15.3 Å². The molecule has 3 aromatic carbocycles. The molecule has 6 heteroatoms. The molecule has 0 fully saturated rings. The molecule has 0 unspecified atom stereocenters. The SMILES string of the molecule is O=C(O)[C@H](Cc1ccccc1)Nc1ccnc(-c2ccc(OCc3ccccc3)cc2)n1. The number of aromatic nitrogens is 2. The highest BCUT2D eigenvalue weighted by molar-refractivity contribution is 5.77. The fraction of sp³-hybridized carbons (Fsp3) is 0.115.